The monoisotopic (exact) mass is 373 g/mol. The van der Waals surface area contributed by atoms with Gasteiger partial charge in [-0.2, -0.15) is 0 Å². The number of carbonyl (C=O) groups excluding carboxylic acids is 1. The molecule has 1 saturated heterocycles. The number of carbonyl (C=O) groups is 1. The molecule has 1 aromatic heterocycles. The molecule has 0 N–H and O–H groups in total. The van der Waals surface area contributed by atoms with Crippen LogP contribution in [0, 0.1) is 24.4 Å². The number of halogens is 3. The van der Waals surface area contributed by atoms with E-state index in [9.17, 15) is 18.0 Å². The Morgan fingerprint density at radius 1 is 1.07 bits per heavy atom. The van der Waals surface area contributed by atoms with Crippen LogP contribution in [0.15, 0.2) is 36.7 Å². The van der Waals surface area contributed by atoms with E-state index in [1.807, 2.05) is 19.1 Å². The normalized spacial score (nSPS) is 15.5. The molecule has 1 fully saturated rings. The number of amides is 1. The van der Waals surface area contributed by atoms with E-state index in [2.05, 4.69) is 15.6 Å². The molecule has 0 saturated carbocycles. The predicted molar refractivity (Wildman–Crippen MR) is 95.0 cm³/mol. The summed E-state index contributed by atoms with van der Waals surface area (Å²) in [4.78, 5) is 18.3. The van der Waals surface area contributed by atoms with Crippen LogP contribution in [0.25, 0.3) is 11.0 Å². The molecule has 4 rings (SSSR count). The van der Waals surface area contributed by atoms with Gasteiger partial charge in [0.25, 0.3) is 5.91 Å². The van der Waals surface area contributed by atoms with E-state index < -0.39 is 28.9 Å². The standard InChI is InChI=1S/C20H18F3N3O/c1-12-2-3-17-18(8-12)26(11-24-17)14-4-6-25(7-5-14)20(27)19-15(22)9-13(21)10-16(19)23/h2-3,8-11,14H,4-7H2,1H3. The van der Waals surface area contributed by atoms with E-state index in [0.29, 0.717) is 38.1 Å². The zero-order chi connectivity index (χ0) is 19.1. The summed E-state index contributed by atoms with van der Waals surface area (Å²) >= 11 is 0. The van der Waals surface area contributed by atoms with Crippen LogP contribution in [-0.4, -0.2) is 33.4 Å². The van der Waals surface area contributed by atoms with Gasteiger partial charge in [0.2, 0.25) is 0 Å². The Balaban J connectivity index is 1.52. The predicted octanol–water partition coefficient (Wildman–Crippen LogP) is 4.24. The Kier molecular flexibility index (Phi) is 4.37. The van der Waals surface area contributed by atoms with Gasteiger partial charge in [-0.15, -0.1) is 0 Å². The van der Waals surface area contributed by atoms with E-state index in [1.54, 1.807) is 6.33 Å². The molecule has 2 heterocycles. The average molecular weight is 373 g/mol. The number of aromatic nitrogens is 2. The van der Waals surface area contributed by atoms with Crippen LogP contribution >= 0.6 is 0 Å². The van der Waals surface area contributed by atoms with Gasteiger partial charge in [0, 0.05) is 31.3 Å². The van der Waals surface area contributed by atoms with Gasteiger partial charge in [-0.1, -0.05) is 6.07 Å². The molecule has 27 heavy (non-hydrogen) atoms. The van der Waals surface area contributed by atoms with E-state index in [0.717, 1.165) is 16.6 Å². The van der Waals surface area contributed by atoms with Crippen LogP contribution in [0.1, 0.15) is 34.8 Å². The van der Waals surface area contributed by atoms with Crippen LogP contribution < -0.4 is 0 Å². The first-order valence-corrected chi connectivity index (χ1v) is 8.81. The summed E-state index contributed by atoms with van der Waals surface area (Å²) in [7, 11) is 0. The first-order chi connectivity index (χ1) is 12.9. The van der Waals surface area contributed by atoms with Crippen molar-refractivity contribution in [1.29, 1.82) is 0 Å². The SMILES string of the molecule is Cc1ccc2ncn(C3CCN(C(=O)c4c(F)cc(F)cc4F)CC3)c2c1. The van der Waals surface area contributed by atoms with Crippen molar-refractivity contribution in [3.8, 4) is 0 Å². The molecule has 2 aromatic carbocycles. The Morgan fingerprint density at radius 3 is 2.41 bits per heavy atom. The van der Waals surface area contributed by atoms with Gasteiger partial charge in [-0.3, -0.25) is 4.79 Å². The van der Waals surface area contributed by atoms with Crippen molar-refractivity contribution in [3.05, 3.63) is 65.2 Å². The van der Waals surface area contributed by atoms with Gasteiger partial charge < -0.3 is 9.47 Å². The van der Waals surface area contributed by atoms with Crippen molar-refractivity contribution in [2.45, 2.75) is 25.8 Å². The second-order valence-electron chi connectivity index (χ2n) is 6.91. The molecule has 0 bridgehead atoms. The minimum absolute atomic E-state index is 0.156. The third-order valence-electron chi connectivity index (χ3n) is 5.10. The fourth-order valence-corrected chi connectivity index (χ4v) is 3.68. The van der Waals surface area contributed by atoms with Crippen LogP contribution in [-0.2, 0) is 0 Å². The summed E-state index contributed by atoms with van der Waals surface area (Å²) in [5, 5.41) is 0. The number of likely N-dealkylation sites (tertiary alicyclic amines) is 1. The summed E-state index contributed by atoms with van der Waals surface area (Å²) in [6.07, 6.45) is 3.09. The zero-order valence-corrected chi connectivity index (χ0v) is 14.8. The molecule has 7 heteroatoms. The number of piperidine rings is 1. The fourth-order valence-electron chi connectivity index (χ4n) is 3.68. The van der Waals surface area contributed by atoms with Crippen molar-refractivity contribution < 1.29 is 18.0 Å². The molecule has 3 aromatic rings. The van der Waals surface area contributed by atoms with Gasteiger partial charge in [0.1, 0.15) is 23.0 Å². The van der Waals surface area contributed by atoms with Crippen molar-refractivity contribution in [1.82, 2.24) is 14.5 Å². The molecule has 4 nitrogen and oxygen atoms in total. The van der Waals surface area contributed by atoms with Crippen LogP contribution in [0.4, 0.5) is 13.2 Å². The molecule has 140 valence electrons. The number of benzene rings is 2. The molecule has 0 radical (unpaired) electrons. The summed E-state index contributed by atoms with van der Waals surface area (Å²) in [6.45, 7) is 2.75. The van der Waals surface area contributed by atoms with Crippen molar-refractivity contribution >= 4 is 16.9 Å². The van der Waals surface area contributed by atoms with Crippen molar-refractivity contribution in [2.75, 3.05) is 13.1 Å². The van der Waals surface area contributed by atoms with Crippen molar-refractivity contribution in [2.24, 2.45) is 0 Å². The minimum Gasteiger partial charge on any atom is -0.338 e. The number of fused-ring (bicyclic) bond motifs is 1. The lowest BCUT2D eigenvalue weighted by Gasteiger charge is -2.33. The number of hydrogen-bond donors (Lipinski definition) is 0. The molecule has 1 amide bonds. The maximum absolute atomic E-state index is 13.9. The van der Waals surface area contributed by atoms with Gasteiger partial charge in [0.05, 0.1) is 17.4 Å². The van der Waals surface area contributed by atoms with Gasteiger partial charge in [-0.25, -0.2) is 18.2 Å². The summed E-state index contributed by atoms with van der Waals surface area (Å²) < 4.78 is 42.9. The van der Waals surface area contributed by atoms with Gasteiger partial charge in [0.15, 0.2) is 0 Å². The first kappa shape index (κ1) is 17.6. The lowest BCUT2D eigenvalue weighted by atomic mass is 10.0. The molecular formula is C20H18F3N3O. The third-order valence-corrected chi connectivity index (χ3v) is 5.10. The summed E-state index contributed by atoms with van der Waals surface area (Å²) in [5.74, 6) is -4.12. The number of nitrogens with zero attached hydrogens (tertiary/aromatic N) is 3. The highest BCUT2D eigenvalue weighted by molar-refractivity contribution is 5.94. The molecule has 0 aliphatic carbocycles. The Hall–Kier alpha value is -2.83. The Bertz CT molecular complexity index is 999. The summed E-state index contributed by atoms with van der Waals surface area (Å²) in [5.41, 5.74) is 2.39. The fraction of sp³-hybridized carbons (Fsp3) is 0.300. The lowest BCUT2D eigenvalue weighted by Crippen LogP contribution is -2.39. The number of rotatable bonds is 2. The van der Waals surface area contributed by atoms with E-state index in [4.69, 9.17) is 0 Å². The second kappa shape index (κ2) is 6.72. The van der Waals surface area contributed by atoms with E-state index in [-0.39, 0.29) is 6.04 Å². The smallest absolute Gasteiger partial charge is 0.259 e. The Morgan fingerprint density at radius 2 is 1.74 bits per heavy atom. The molecule has 0 unspecified atom stereocenters. The number of aryl methyl sites for hydroxylation is 1. The van der Waals surface area contributed by atoms with Gasteiger partial charge >= 0.3 is 0 Å². The third kappa shape index (κ3) is 3.18. The minimum atomic E-state index is -1.17. The molecule has 1 aliphatic rings. The van der Waals surface area contributed by atoms with Crippen LogP contribution in [0.5, 0.6) is 0 Å². The van der Waals surface area contributed by atoms with Crippen molar-refractivity contribution in [3.63, 3.8) is 0 Å². The molecular weight excluding hydrogens is 355 g/mol. The maximum atomic E-state index is 13.9. The number of hydrogen-bond acceptors (Lipinski definition) is 2. The Labute approximate surface area is 154 Å². The largest absolute Gasteiger partial charge is 0.338 e. The highest BCUT2D eigenvalue weighted by Gasteiger charge is 2.29. The molecule has 0 atom stereocenters. The lowest BCUT2D eigenvalue weighted by molar-refractivity contribution is 0.0686. The highest BCUT2D eigenvalue weighted by atomic mass is 19.1. The van der Waals surface area contributed by atoms with Crippen LogP contribution in [0.2, 0.25) is 0 Å². The van der Waals surface area contributed by atoms with E-state index in [1.165, 1.54) is 4.90 Å². The topological polar surface area (TPSA) is 38.1 Å². The second-order valence-corrected chi connectivity index (χ2v) is 6.91. The van der Waals surface area contributed by atoms with E-state index >= 15 is 0 Å². The first-order valence-electron chi connectivity index (χ1n) is 8.81. The van der Waals surface area contributed by atoms with Crippen LogP contribution in [0.3, 0.4) is 0 Å². The summed E-state index contributed by atoms with van der Waals surface area (Å²) in [6, 6.07) is 7.27. The van der Waals surface area contributed by atoms with Gasteiger partial charge in [-0.05, 0) is 37.5 Å². The highest BCUT2D eigenvalue weighted by Crippen LogP contribution is 2.28. The molecule has 0 spiro atoms. The average Bonchev–Trinajstić information content (AvgIpc) is 3.04. The maximum Gasteiger partial charge on any atom is 0.259 e. The molecule has 1 aliphatic heterocycles. The quantitative estimate of drug-likeness (QED) is 0.674. The zero-order valence-electron chi connectivity index (χ0n) is 14.8. The number of imidazole rings is 1.